The first kappa shape index (κ1) is 19.6. The Hall–Kier alpha value is -7.20. The number of rotatable bonds is 7. The Bertz CT molecular complexity index is 4010. The molecule has 57 heavy (non-hydrogen) atoms. The zero-order chi connectivity index (χ0) is 53.4. The highest BCUT2D eigenvalue weighted by Gasteiger charge is 2.23. The van der Waals surface area contributed by atoms with Gasteiger partial charge in [-0.3, -0.25) is 0 Å². The number of anilines is 3. The van der Waals surface area contributed by atoms with Crippen LogP contribution in [-0.2, 0) is 0 Å². The van der Waals surface area contributed by atoms with E-state index in [1.807, 2.05) is 78.9 Å². The SMILES string of the molecule is [2H]c1c([2H])c([2H])c(-c2c([2H])c([2H])c(N(c3c([2H])c([2H])c(-c4c([2H])c([2H])c([2H])c([2H])c4[2H])c([2H])c3[2H])c3ccc(-c4ccccc4-n4c5ccccc5c5ccccc54)c4sc5ccccc5c34)c([2H])c2[2H])c([2H])c1[2H]. The molecule has 0 fully saturated rings. The van der Waals surface area contributed by atoms with Gasteiger partial charge in [0.2, 0.25) is 0 Å². The molecular weight excluding hydrogens is 709 g/mol. The molecule has 2 heterocycles. The number of nitrogens with zero attached hydrogens (tertiary/aromatic N) is 2. The van der Waals surface area contributed by atoms with E-state index < -0.39 is 142 Å². The van der Waals surface area contributed by atoms with Crippen LogP contribution in [0.1, 0.15) is 24.7 Å². The summed E-state index contributed by atoms with van der Waals surface area (Å²) in [6.45, 7) is 0. The minimum atomic E-state index is -0.844. The van der Waals surface area contributed by atoms with Crippen LogP contribution in [0, 0.1) is 0 Å². The van der Waals surface area contributed by atoms with Crippen molar-refractivity contribution in [1.82, 2.24) is 4.57 Å². The van der Waals surface area contributed by atoms with Crippen molar-refractivity contribution in [3.05, 3.63) is 218 Å². The molecule has 0 atom stereocenters. The quantitative estimate of drug-likeness (QED) is 0.157. The minimum Gasteiger partial charge on any atom is -0.310 e. The van der Waals surface area contributed by atoms with E-state index in [2.05, 4.69) is 16.7 Å². The lowest BCUT2D eigenvalue weighted by atomic mass is 9.98. The topological polar surface area (TPSA) is 8.17 Å². The van der Waals surface area contributed by atoms with Gasteiger partial charge in [0, 0.05) is 53.4 Å². The van der Waals surface area contributed by atoms with E-state index in [9.17, 15) is 11.0 Å². The van der Waals surface area contributed by atoms with E-state index in [1.54, 1.807) is 18.2 Å². The largest absolute Gasteiger partial charge is 0.310 e. The van der Waals surface area contributed by atoms with Crippen LogP contribution in [0.4, 0.5) is 17.1 Å². The van der Waals surface area contributed by atoms with E-state index in [4.69, 9.17) is 13.7 Å². The molecule has 0 amide bonds. The molecule has 3 heteroatoms. The molecule has 0 saturated carbocycles. The maximum absolute atomic E-state index is 9.73. The van der Waals surface area contributed by atoms with Gasteiger partial charge in [0.1, 0.15) is 0 Å². The molecular formula is C54H36N2S. The molecule has 0 aliphatic rings. The van der Waals surface area contributed by atoms with Crippen LogP contribution < -0.4 is 4.90 Å². The Balaban J connectivity index is 1.26. The average Bonchev–Trinajstić information content (AvgIpc) is 3.99. The first-order chi connectivity index (χ1) is 35.8. The summed E-state index contributed by atoms with van der Waals surface area (Å²) in [4.78, 5) is 1.10. The lowest BCUT2D eigenvalue weighted by Crippen LogP contribution is -2.10. The molecule has 2 nitrogen and oxygen atoms in total. The maximum Gasteiger partial charge on any atom is 0.0645 e. The van der Waals surface area contributed by atoms with E-state index in [1.165, 1.54) is 11.3 Å². The molecule has 0 bridgehead atoms. The summed E-state index contributed by atoms with van der Waals surface area (Å²) < 4.78 is 165. The smallest absolute Gasteiger partial charge is 0.0645 e. The lowest BCUT2D eigenvalue weighted by Gasteiger charge is -2.27. The standard InChI is InChI=1S/C54H36N2S/c1-3-15-37(16-4-1)39-27-31-41(32-28-39)55(42-33-29-40(30-34-42)38-17-5-2-6-18-38)51-36-35-46(54-53(51)47-22-10-14-26-52(47)57-54)45-21-9-13-25-50(45)56-48-23-11-7-19-43(48)44-20-8-12-24-49(44)56/h1-36H/i1D,2D,3D,4D,5D,6D,15D,16D,17D,18D,27D,28D,29D,30D,31D,32D,33D,34D. The summed E-state index contributed by atoms with van der Waals surface area (Å²) in [5, 5.41) is 3.15. The van der Waals surface area contributed by atoms with E-state index in [0.29, 0.717) is 15.5 Å². The number of para-hydroxylation sites is 3. The zero-order valence-electron chi connectivity index (χ0n) is 47.7. The summed E-state index contributed by atoms with van der Waals surface area (Å²) in [6.07, 6.45) is 0. The lowest BCUT2D eigenvalue weighted by molar-refractivity contribution is 1.18. The van der Waals surface area contributed by atoms with Crippen molar-refractivity contribution in [2.24, 2.45) is 0 Å². The van der Waals surface area contributed by atoms with Gasteiger partial charge in [0.05, 0.1) is 47.1 Å². The molecule has 0 N–H and O–H groups in total. The normalized spacial score (nSPS) is 15.9. The summed E-state index contributed by atoms with van der Waals surface area (Å²) in [7, 11) is 0. The van der Waals surface area contributed by atoms with Crippen LogP contribution in [-0.4, -0.2) is 4.57 Å². The number of hydrogen-bond donors (Lipinski definition) is 0. The zero-order valence-corrected chi connectivity index (χ0v) is 30.5. The van der Waals surface area contributed by atoms with Crippen molar-refractivity contribution in [1.29, 1.82) is 0 Å². The fourth-order valence-corrected chi connectivity index (χ4v) is 8.73. The van der Waals surface area contributed by atoms with Gasteiger partial charge in [-0.05, 0) is 76.8 Å². The van der Waals surface area contributed by atoms with E-state index in [-0.39, 0.29) is 5.69 Å². The number of benzene rings is 9. The van der Waals surface area contributed by atoms with Gasteiger partial charge in [0.25, 0.3) is 0 Å². The first-order valence-corrected chi connectivity index (χ1v) is 18.8. The first-order valence-electron chi connectivity index (χ1n) is 27.0. The Morgan fingerprint density at radius 1 is 0.421 bits per heavy atom. The van der Waals surface area contributed by atoms with Crippen molar-refractivity contribution in [3.8, 4) is 39.1 Å². The molecule has 11 aromatic rings. The van der Waals surface area contributed by atoms with Crippen molar-refractivity contribution >= 4 is 70.4 Å². The summed E-state index contributed by atoms with van der Waals surface area (Å²) >= 11 is 1.40. The summed E-state index contributed by atoms with van der Waals surface area (Å²) in [5.41, 5.74) is 0.700. The molecule has 0 spiro atoms. The number of hydrogen-bond acceptors (Lipinski definition) is 2. The van der Waals surface area contributed by atoms with Gasteiger partial charge in [-0.2, -0.15) is 0 Å². The third kappa shape index (κ3) is 5.63. The van der Waals surface area contributed by atoms with Crippen molar-refractivity contribution in [2.45, 2.75) is 0 Å². The van der Waals surface area contributed by atoms with Crippen LogP contribution in [0.2, 0.25) is 0 Å². The predicted octanol–water partition coefficient (Wildman–Crippen LogP) is 15.6. The van der Waals surface area contributed by atoms with Gasteiger partial charge >= 0.3 is 0 Å². The summed E-state index contributed by atoms with van der Waals surface area (Å²) in [6, 6.07) is 20.4. The van der Waals surface area contributed by atoms with Crippen LogP contribution in [0.25, 0.3) is 81.0 Å². The van der Waals surface area contributed by atoms with Gasteiger partial charge in [-0.15, -0.1) is 11.3 Å². The van der Waals surface area contributed by atoms with Crippen LogP contribution >= 0.6 is 11.3 Å². The highest BCUT2D eigenvalue weighted by Crippen LogP contribution is 2.49. The van der Waals surface area contributed by atoms with Gasteiger partial charge in [-0.25, -0.2) is 0 Å². The average molecular weight is 763 g/mol. The minimum absolute atomic E-state index is 0.0771. The molecule has 9 aromatic carbocycles. The van der Waals surface area contributed by atoms with Crippen molar-refractivity contribution in [3.63, 3.8) is 0 Å². The van der Waals surface area contributed by atoms with Gasteiger partial charge < -0.3 is 9.47 Å². The molecule has 0 aliphatic heterocycles. The van der Waals surface area contributed by atoms with Gasteiger partial charge in [0.15, 0.2) is 0 Å². The second-order valence-electron chi connectivity index (χ2n) is 13.1. The molecule has 2 aromatic heterocycles. The Kier molecular flexibility index (Phi) is 4.75. The molecule has 0 unspecified atom stereocenters. The van der Waals surface area contributed by atoms with Crippen LogP contribution in [0.3, 0.4) is 0 Å². The fourth-order valence-electron chi connectivity index (χ4n) is 7.48. The molecule has 0 radical (unpaired) electrons. The number of aromatic nitrogens is 1. The highest BCUT2D eigenvalue weighted by atomic mass is 32.1. The summed E-state index contributed by atoms with van der Waals surface area (Å²) in [5.74, 6) is 0. The molecule has 268 valence electrons. The maximum atomic E-state index is 9.73. The van der Waals surface area contributed by atoms with Crippen molar-refractivity contribution in [2.75, 3.05) is 4.90 Å². The molecule has 0 saturated heterocycles. The Labute approximate surface area is 361 Å². The molecule has 11 rings (SSSR count). The second-order valence-corrected chi connectivity index (χ2v) is 14.2. The second kappa shape index (κ2) is 13.8. The third-order valence-electron chi connectivity index (χ3n) is 9.93. The molecule has 0 aliphatic carbocycles. The fraction of sp³-hybridized carbons (Fsp3) is 0. The van der Waals surface area contributed by atoms with Crippen LogP contribution in [0.15, 0.2) is 218 Å². The van der Waals surface area contributed by atoms with Crippen LogP contribution in [0.5, 0.6) is 0 Å². The predicted molar refractivity (Wildman–Crippen MR) is 245 cm³/mol. The number of thiophene rings is 1. The Morgan fingerprint density at radius 2 is 0.912 bits per heavy atom. The van der Waals surface area contributed by atoms with E-state index >= 15 is 0 Å². The van der Waals surface area contributed by atoms with E-state index in [0.717, 1.165) is 48.2 Å². The van der Waals surface area contributed by atoms with Crippen molar-refractivity contribution < 1.29 is 24.7 Å². The van der Waals surface area contributed by atoms with Gasteiger partial charge in [-0.1, -0.05) is 163 Å². The monoisotopic (exact) mass is 762 g/mol. The third-order valence-corrected chi connectivity index (χ3v) is 11.1. The highest BCUT2D eigenvalue weighted by molar-refractivity contribution is 7.26. The Morgan fingerprint density at radius 3 is 1.51 bits per heavy atom. The number of fused-ring (bicyclic) bond motifs is 6.